The van der Waals surface area contributed by atoms with Crippen LogP contribution in [0.1, 0.15) is 22.3 Å². The monoisotopic (exact) mass is 378 g/mol. The fourth-order valence-electron chi connectivity index (χ4n) is 3.30. The van der Waals surface area contributed by atoms with Gasteiger partial charge in [-0.05, 0) is 55.7 Å². The van der Waals surface area contributed by atoms with E-state index in [2.05, 4.69) is 30.0 Å². The molecular weight excluding hydrogens is 356 g/mol. The summed E-state index contributed by atoms with van der Waals surface area (Å²) in [7, 11) is 1.63. The number of carbonyl (C=O) groups excluding carboxylic acids is 1. The SMILES string of the molecule is C#CCn1c(=NC(=O)Cc2c(C)cc(C)cc2C)sc2cc(OC)ccc21. The zero-order chi connectivity index (χ0) is 19.6. The van der Waals surface area contributed by atoms with Crippen LogP contribution in [-0.2, 0) is 17.8 Å². The van der Waals surface area contributed by atoms with Gasteiger partial charge >= 0.3 is 0 Å². The Morgan fingerprint density at radius 1 is 1.22 bits per heavy atom. The Balaban J connectivity index is 2.03. The van der Waals surface area contributed by atoms with Gasteiger partial charge in [0.2, 0.25) is 0 Å². The summed E-state index contributed by atoms with van der Waals surface area (Å²) in [5, 5.41) is 0. The van der Waals surface area contributed by atoms with Crippen molar-refractivity contribution in [3.63, 3.8) is 0 Å². The Kier molecular flexibility index (Phi) is 5.48. The summed E-state index contributed by atoms with van der Waals surface area (Å²) in [4.78, 5) is 17.7. The van der Waals surface area contributed by atoms with Crippen molar-refractivity contribution >= 4 is 27.5 Å². The predicted molar refractivity (Wildman–Crippen MR) is 110 cm³/mol. The molecule has 0 unspecified atom stereocenters. The third kappa shape index (κ3) is 3.96. The van der Waals surface area contributed by atoms with E-state index in [1.807, 2.05) is 36.6 Å². The lowest BCUT2D eigenvalue weighted by Crippen LogP contribution is -2.17. The van der Waals surface area contributed by atoms with Crippen LogP contribution in [0.4, 0.5) is 0 Å². The average Bonchev–Trinajstić information content (AvgIpc) is 2.94. The second kappa shape index (κ2) is 7.81. The van der Waals surface area contributed by atoms with Crippen LogP contribution in [-0.4, -0.2) is 17.6 Å². The molecule has 0 atom stereocenters. The standard InChI is InChI=1S/C22H22N2O2S/c1-6-9-24-19-8-7-17(26-5)12-20(19)27-22(24)23-21(25)13-18-15(3)10-14(2)11-16(18)4/h1,7-8,10-12H,9,13H2,2-5H3. The van der Waals surface area contributed by atoms with E-state index in [1.54, 1.807) is 7.11 Å². The van der Waals surface area contributed by atoms with Crippen LogP contribution in [0.5, 0.6) is 5.75 Å². The molecule has 4 nitrogen and oxygen atoms in total. The highest BCUT2D eigenvalue weighted by molar-refractivity contribution is 7.16. The molecule has 1 aromatic heterocycles. The van der Waals surface area contributed by atoms with Crippen molar-refractivity contribution < 1.29 is 9.53 Å². The molecule has 3 rings (SSSR count). The fourth-order valence-corrected chi connectivity index (χ4v) is 4.37. The molecule has 138 valence electrons. The van der Waals surface area contributed by atoms with E-state index in [9.17, 15) is 4.79 Å². The van der Waals surface area contributed by atoms with Gasteiger partial charge in [-0.25, -0.2) is 0 Å². The molecule has 0 spiro atoms. The zero-order valence-electron chi connectivity index (χ0n) is 16.0. The van der Waals surface area contributed by atoms with Crippen molar-refractivity contribution in [1.82, 2.24) is 4.57 Å². The van der Waals surface area contributed by atoms with Crippen LogP contribution in [0.2, 0.25) is 0 Å². The highest BCUT2D eigenvalue weighted by atomic mass is 32.1. The zero-order valence-corrected chi connectivity index (χ0v) is 16.8. The van der Waals surface area contributed by atoms with Gasteiger partial charge in [0.1, 0.15) is 5.75 Å². The number of terminal acetylenes is 1. The fraction of sp³-hybridized carbons (Fsp3) is 0.273. The van der Waals surface area contributed by atoms with Gasteiger partial charge < -0.3 is 9.30 Å². The first kappa shape index (κ1) is 18.9. The molecule has 0 aliphatic heterocycles. The third-order valence-electron chi connectivity index (χ3n) is 4.53. The summed E-state index contributed by atoms with van der Waals surface area (Å²) in [6, 6.07) is 9.96. The molecule has 0 saturated carbocycles. The van der Waals surface area contributed by atoms with E-state index in [-0.39, 0.29) is 12.3 Å². The molecule has 1 amide bonds. The third-order valence-corrected chi connectivity index (χ3v) is 5.57. The molecule has 2 aromatic carbocycles. The average molecular weight is 378 g/mol. The van der Waals surface area contributed by atoms with Gasteiger partial charge in [-0.3, -0.25) is 4.79 Å². The summed E-state index contributed by atoms with van der Waals surface area (Å²) in [6.45, 7) is 6.49. The van der Waals surface area contributed by atoms with E-state index in [4.69, 9.17) is 11.2 Å². The number of aromatic nitrogens is 1. The molecule has 5 heteroatoms. The summed E-state index contributed by atoms with van der Waals surface area (Å²) in [5.74, 6) is 3.24. The lowest BCUT2D eigenvalue weighted by atomic mass is 9.97. The number of hydrogen-bond acceptors (Lipinski definition) is 3. The van der Waals surface area contributed by atoms with E-state index in [1.165, 1.54) is 16.9 Å². The number of ether oxygens (including phenoxy) is 1. The first-order valence-electron chi connectivity index (χ1n) is 8.68. The van der Waals surface area contributed by atoms with Crippen molar-refractivity contribution in [1.29, 1.82) is 0 Å². The van der Waals surface area contributed by atoms with Crippen molar-refractivity contribution in [3.05, 3.63) is 57.4 Å². The molecule has 3 aromatic rings. The normalized spacial score (nSPS) is 11.6. The van der Waals surface area contributed by atoms with E-state index in [0.29, 0.717) is 11.3 Å². The Bertz CT molecular complexity index is 1110. The molecule has 0 radical (unpaired) electrons. The maximum absolute atomic E-state index is 12.7. The van der Waals surface area contributed by atoms with Gasteiger partial charge in [0.05, 0.1) is 30.3 Å². The minimum absolute atomic E-state index is 0.172. The number of benzene rings is 2. The molecule has 0 aliphatic carbocycles. The minimum atomic E-state index is -0.172. The van der Waals surface area contributed by atoms with Crippen LogP contribution >= 0.6 is 11.3 Å². The Hall–Kier alpha value is -2.84. The second-order valence-electron chi connectivity index (χ2n) is 6.57. The number of methoxy groups -OCH3 is 1. The number of hydrogen-bond donors (Lipinski definition) is 0. The summed E-state index contributed by atoms with van der Waals surface area (Å²) >= 11 is 1.44. The Morgan fingerprint density at radius 3 is 2.56 bits per heavy atom. The first-order chi connectivity index (χ1) is 12.9. The van der Waals surface area contributed by atoms with Gasteiger partial charge in [-0.15, -0.1) is 6.42 Å². The van der Waals surface area contributed by atoms with Crippen molar-refractivity contribution in [2.75, 3.05) is 7.11 Å². The number of amides is 1. The van der Waals surface area contributed by atoms with Gasteiger partial charge in [-0.2, -0.15) is 4.99 Å². The number of nitrogens with zero attached hydrogens (tertiary/aromatic N) is 2. The number of thiazole rings is 1. The number of rotatable bonds is 4. The van der Waals surface area contributed by atoms with Gasteiger partial charge in [0.25, 0.3) is 5.91 Å². The number of fused-ring (bicyclic) bond motifs is 1. The molecule has 0 aliphatic rings. The molecule has 0 N–H and O–H groups in total. The van der Waals surface area contributed by atoms with Crippen LogP contribution in [0.25, 0.3) is 10.2 Å². The van der Waals surface area contributed by atoms with Gasteiger partial charge in [-0.1, -0.05) is 35.0 Å². The first-order valence-corrected chi connectivity index (χ1v) is 9.49. The van der Waals surface area contributed by atoms with Crippen LogP contribution in [0.3, 0.4) is 0 Å². The lowest BCUT2D eigenvalue weighted by molar-refractivity contribution is -0.117. The Morgan fingerprint density at radius 2 is 1.93 bits per heavy atom. The quantitative estimate of drug-likeness (QED) is 0.646. The minimum Gasteiger partial charge on any atom is -0.497 e. The second-order valence-corrected chi connectivity index (χ2v) is 7.58. The van der Waals surface area contributed by atoms with Crippen molar-refractivity contribution in [2.24, 2.45) is 4.99 Å². The number of aryl methyl sites for hydroxylation is 3. The molecule has 0 saturated heterocycles. The summed E-state index contributed by atoms with van der Waals surface area (Å²) in [6.07, 6.45) is 5.81. The molecule has 1 heterocycles. The van der Waals surface area contributed by atoms with Gasteiger partial charge in [0.15, 0.2) is 4.80 Å². The largest absolute Gasteiger partial charge is 0.497 e. The topological polar surface area (TPSA) is 43.6 Å². The van der Waals surface area contributed by atoms with Gasteiger partial charge in [0, 0.05) is 0 Å². The van der Waals surface area contributed by atoms with E-state index >= 15 is 0 Å². The summed E-state index contributed by atoms with van der Waals surface area (Å²) < 4.78 is 8.17. The van der Waals surface area contributed by atoms with E-state index in [0.717, 1.165) is 32.7 Å². The van der Waals surface area contributed by atoms with Crippen molar-refractivity contribution in [3.8, 4) is 18.1 Å². The Labute approximate surface area is 163 Å². The molecular formula is C22H22N2O2S. The highest BCUT2D eigenvalue weighted by Gasteiger charge is 2.11. The predicted octanol–water partition coefficient (Wildman–Crippen LogP) is 3.94. The molecule has 0 bridgehead atoms. The maximum atomic E-state index is 12.7. The van der Waals surface area contributed by atoms with Crippen LogP contribution < -0.4 is 9.54 Å². The molecule has 0 fully saturated rings. The van der Waals surface area contributed by atoms with Crippen molar-refractivity contribution in [2.45, 2.75) is 33.7 Å². The smallest absolute Gasteiger partial charge is 0.252 e. The lowest BCUT2D eigenvalue weighted by Gasteiger charge is -2.09. The van der Waals surface area contributed by atoms with Crippen LogP contribution in [0.15, 0.2) is 35.3 Å². The number of carbonyl (C=O) groups is 1. The highest BCUT2D eigenvalue weighted by Crippen LogP contribution is 2.23. The maximum Gasteiger partial charge on any atom is 0.252 e. The summed E-state index contributed by atoms with van der Waals surface area (Å²) in [5.41, 5.74) is 5.43. The molecule has 27 heavy (non-hydrogen) atoms. The van der Waals surface area contributed by atoms with Crippen LogP contribution in [0, 0.1) is 33.1 Å². The van der Waals surface area contributed by atoms with E-state index < -0.39 is 0 Å².